The molecule has 2 aromatic heterocycles. The van der Waals surface area contributed by atoms with Crippen LogP contribution >= 0.6 is 22.6 Å². The largest absolute Gasteiger partial charge is 0.236 e. The SMILES string of the molecule is Cc1cc2nccn2nc1I. The van der Waals surface area contributed by atoms with Crippen LogP contribution < -0.4 is 0 Å². The molecule has 0 atom stereocenters. The van der Waals surface area contributed by atoms with Crippen LogP contribution in [0.1, 0.15) is 5.56 Å². The smallest absolute Gasteiger partial charge is 0.153 e. The van der Waals surface area contributed by atoms with Gasteiger partial charge in [0.2, 0.25) is 0 Å². The number of aromatic nitrogens is 3. The normalized spacial score (nSPS) is 10.7. The van der Waals surface area contributed by atoms with Gasteiger partial charge in [-0.2, -0.15) is 5.10 Å². The lowest BCUT2D eigenvalue weighted by Gasteiger charge is -1.96. The molecule has 0 aliphatic heterocycles. The summed E-state index contributed by atoms with van der Waals surface area (Å²) < 4.78 is 2.79. The van der Waals surface area contributed by atoms with E-state index in [2.05, 4.69) is 32.7 Å². The molecule has 0 saturated heterocycles. The molecule has 0 N–H and O–H groups in total. The predicted octanol–water partition coefficient (Wildman–Crippen LogP) is 1.64. The Morgan fingerprint density at radius 3 is 3.18 bits per heavy atom. The molecule has 2 aromatic rings. The van der Waals surface area contributed by atoms with Gasteiger partial charge in [0.15, 0.2) is 5.65 Å². The average molecular weight is 259 g/mol. The minimum absolute atomic E-state index is 0.905. The van der Waals surface area contributed by atoms with E-state index in [0.717, 1.165) is 9.35 Å². The summed E-state index contributed by atoms with van der Waals surface area (Å²) >= 11 is 2.21. The van der Waals surface area contributed by atoms with Crippen molar-refractivity contribution in [3.8, 4) is 0 Å². The Kier molecular flexibility index (Phi) is 1.56. The Morgan fingerprint density at radius 2 is 2.36 bits per heavy atom. The second kappa shape index (κ2) is 2.44. The van der Waals surface area contributed by atoms with Crippen LogP contribution in [0.3, 0.4) is 0 Å². The lowest BCUT2D eigenvalue weighted by Crippen LogP contribution is -1.95. The van der Waals surface area contributed by atoms with Gasteiger partial charge in [-0.15, -0.1) is 0 Å². The Hall–Kier alpha value is -0.650. The van der Waals surface area contributed by atoms with E-state index in [-0.39, 0.29) is 0 Å². The van der Waals surface area contributed by atoms with Crippen molar-refractivity contribution in [2.45, 2.75) is 6.92 Å². The van der Waals surface area contributed by atoms with Crippen molar-refractivity contribution in [1.82, 2.24) is 14.6 Å². The maximum Gasteiger partial charge on any atom is 0.153 e. The van der Waals surface area contributed by atoms with Crippen molar-refractivity contribution in [2.24, 2.45) is 0 Å². The Balaban J connectivity index is 2.86. The van der Waals surface area contributed by atoms with E-state index in [9.17, 15) is 0 Å². The fourth-order valence-corrected chi connectivity index (χ4v) is 1.31. The molecule has 11 heavy (non-hydrogen) atoms. The first kappa shape index (κ1) is 7.02. The molecular weight excluding hydrogens is 253 g/mol. The minimum Gasteiger partial charge on any atom is -0.236 e. The molecule has 0 bridgehead atoms. The monoisotopic (exact) mass is 259 g/mol. The van der Waals surface area contributed by atoms with Gasteiger partial charge in [-0.3, -0.25) is 0 Å². The van der Waals surface area contributed by atoms with Gasteiger partial charge in [0, 0.05) is 12.4 Å². The first-order chi connectivity index (χ1) is 5.27. The molecule has 2 rings (SSSR count). The van der Waals surface area contributed by atoms with Crippen LogP contribution in [0.15, 0.2) is 18.5 Å². The molecule has 0 radical (unpaired) electrons. The molecule has 2 heterocycles. The average Bonchev–Trinajstić information content (AvgIpc) is 2.36. The molecule has 0 saturated carbocycles. The van der Waals surface area contributed by atoms with Gasteiger partial charge >= 0.3 is 0 Å². The fourth-order valence-electron chi connectivity index (χ4n) is 0.923. The van der Waals surface area contributed by atoms with Crippen molar-refractivity contribution >= 4 is 28.2 Å². The van der Waals surface area contributed by atoms with Crippen molar-refractivity contribution in [3.63, 3.8) is 0 Å². The third-order valence-corrected chi connectivity index (χ3v) is 2.58. The number of nitrogens with zero attached hydrogens (tertiary/aromatic N) is 3. The predicted molar refractivity (Wildman–Crippen MR) is 50.4 cm³/mol. The minimum atomic E-state index is 0.905. The number of hydrogen-bond donors (Lipinski definition) is 0. The van der Waals surface area contributed by atoms with Crippen molar-refractivity contribution in [3.05, 3.63) is 27.7 Å². The Labute approximate surface area is 77.6 Å². The van der Waals surface area contributed by atoms with Crippen molar-refractivity contribution in [1.29, 1.82) is 0 Å². The molecule has 56 valence electrons. The topological polar surface area (TPSA) is 30.2 Å². The van der Waals surface area contributed by atoms with E-state index in [4.69, 9.17) is 0 Å². The zero-order chi connectivity index (χ0) is 7.84. The highest BCUT2D eigenvalue weighted by atomic mass is 127. The van der Waals surface area contributed by atoms with Crippen LogP contribution in [0.5, 0.6) is 0 Å². The number of rotatable bonds is 0. The number of hydrogen-bond acceptors (Lipinski definition) is 2. The molecule has 0 amide bonds. The number of halogens is 1. The highest BCUT2D eigenvalue weighted by Crippen LogP contribution is 2.09. The molecule has 4 heteroatoms. The second-order valence-corrected chi connectivity index (χ2v) is 3.37. The summed E-state index contributed by atoms with van der Waals surface area (Å²) in [4.78, 5) is 4.12. The third kappa shape index (κ3) is 1.11. The standard InChI is InChI=1S/C7H6IN3/c1-5-4-6-9-2-3-11(6)10-7(5)8/h2-4H,1H3. The summed E-state index contributed by atoms with van der Waals surface area (Å²) in [6.07, 6.45) is 3.59. The quantitative estimate of drug-likeness (QED) is 0.673. The lowest BCUT2D eigenvalue weighted by molar-refractivity contribution is 0.903. The van der Waals surface area contributed by atoms with Gasteiger partial charge in [-0.25, -0.2) is 9.50 Å². The maximum absolute atomic E-state index is 4.28. The van der Waals surface area contributed by atoms with E-state index in [0.29, 0.717) is 0 Å². The summed E-state index contributed by atoms with van der Waals surface area (Å²) in [5.74, 6) is 0. The zero-order valence-electron chi connectivity index (χ0n) is 5.95. The van der Waals surface area contributed by atoms with Crippen LogP contribution in [-0.4, -0.2) is 14.6 Å². The van der Waals surface area contributed by atoms with E-state index in [1.54, 1.807) is 10.7 Å². The lowest BCUT2D eigenvalue weighted by atomic mass is 10.3. The van der Waals surface area contributed by atoms with Crippen molar-refractivity contribution in [2.75, 3.05) is 0 Å². The number of imidazole rings is 1. The molecule has 3 nitrogen and oxygen atoms in total. The van der Waals surface area contributed by atoms with Crippen LogP contribution in [-0.2, 0) is 0 Å². The molecule has 0 fully saturated rings. The van der Waals surface area contributed by atoms with E-state index in [1.165, 1.54) is 5.56 Å². The van der Waals surface area contributed by atoms with Crippen LogP contribution in [0.2, 0.25) is 0 Å². The van der Waals surface area contributed by atoms with Gasteiger partial charge in [0.05, 0.1) is 0 Å². The molecule has 0 spiro atoms. The second-order valence-electron chi connectivity index (χ2n) is 2.35. The summed E-state index contributed by atoms with van der Waals surface area (Å²) in [5, 5.41) is 4.28. The van der Waals surface area contributed by atoms with Crippen LogP contribution in [0.4, 0.5) is 0 Å². The molecule has 0 aromatic carbocycles. The first-order valence-corrected chi connectivity index (χ1v) is 4.32. The van der Waals surface area contributed by atoms with Gasteiger partial charge in [-0.1, -0.05) is 0 Å². The van der Waals surface area contributed by atoms with E-state index < -0.39 is 0 Å². The van der Waals surface area contributed by atoms with Crippen LogP contribution in [0, 0.1) is 10.6 Å². The summed E-state index contributed by atoms with van der Waals surface area (Å²) in [6.45, 7) is 2.03. The number of aryl methyl sites for hydroxylation is 1. The van der Waals surface area contributed by atoms with E-state index in [1.807, 2.05) is 19.2 Å². The Bertz CT molecular complexity index is 357. The molecule has 0 aliphatic rings. The van der Waals surface area contributed by atoms with Crippen LogP contribution in [0.25, 0.3) is 5.65 Å². The highest BCUT2D eigenvalue weighted by Gasteiger charge is 1.98. The summed E-state index contributed by atoms with van der Waals surface area (Å²) in [6, 6.07) is 2.02. The maximum atomic E-state index is 4.28. The summed E-state index contributed by atoms with van der Waals surface area (Å²) in [5.41, 5.74) is 2.08. The Morgan fingerprint density at radius 1 is 1.55 bits per heavy atom. The van der Waals surface area contributed by atoms with Gasteiger partial charge in [0.1, 0.15) is 3.70 Å². The fraction of sp³-hybridized carbons (Fsp3) is 0.143. The number of fused-ring (bicyclic) bond motifs is 1. The zero-order valence-corrected chi connectivity index (χ0v) is 8.11. The van der Waals surface area contributed by atoms with Gasteiger partial charge in [0.25, 0.3) is 0 Å². The first-order valence-electron chi connectivity index (χ1n) is 3.24. The van der Waals surface area contributed by atoms with Crippen molar-refractivity contribution < 1.29 is 0 Å². The molecule has 0 aliphatic carbocycles. The van der Waals surface area contributed by atoms with Gasteiger partial charge in [-0.05, 0) is 41.1 Å². The van der Waals surface area contributed by atoms with E-state index >= 15 is 0 Å². The van der Waals surface area contributed by atoms with Gasteiger partial charge < -0.3 is 0 Å². The molecule has 0 unspecified atom stereocenters. The highest BCUT2D eigenvalue weighted by molar-refractivity contribution is 14.1. The third-order valence-electron chi connectivity index (χ3n) is 1.52. The summed E-state index contributed by atoms with van der Waals surface area (Å²) in [7, 11) is 0. The molecular formula is C7H6IN3.